The highest BCUT2D eigenvalue weighted by atomic mass is 16.5. The van der Waals surface area contributed by atoms with Gasteiger partial charge >= 0.3 is 0 Å². The Kier molecular flexibility index (Phi) is 3.56. The van der Waals surface area contributed by atoms with E-state index in [0.717, 1.165) is 34.7 Å². The van der Waals surface area contributed by atoms with Crippen molar-refractivity contribution in [1.82, 2.24) is 15.1 Å². The van der Waals surface area contributed by atoms with Crippen LogP contribution in [0.3, 0.4) is 0 Å². The van der Waals surface area contributed by atoms with Gasteiger partial charge in [0.1, 0.15) is 0 Å². The first-order chi connectivity index (χ1) is 10.1. The number of aryl methyl sites for hydroxylation is 2. The summed E-state index contributed by atoms with van der Waals surface area (Å²) in [6.07, 6.45) is 1.82. The topological polar surface area (TPSA) is 63.8 Å². The molecule has 0 spiro atoms. The molecule has 21 heavy (non-hydrogen) atoms. The molecule has 0 amide bonds. The normalized spacial score (nSPS) is 12.5. The average molecular weight is 282 g/mol. The van der Waals surface area contributed by atoms with E-state index >= 15 is 0 Å². The highest BCUT2D eigenvalue weighted by Gasteiger charge is 2.13. The quantitative estimate of drug-likeness (QED) is 0.794. The Morgan fingerprint density at radius 1 is 1.29 bits per heavy atom. The van der Waals surface area contributed by atoms with E-state index in [2.05, 4.69) is 27.4 Å². The second-order valence-electron chi connectivity index (χ2n) is 5.30. The maximum atomic E-state index is 5.25. The van der Waals surface area contributed by atoms with Crippen LogP contribution in [0.25, 0.3) is 11.1 Å². The van der Waals surface area contributed by atoms with Crippen molar-refractivity contribution in [2.75, 3.05) is 11.9 Å². The van der Waals surface area contributed by atoms with E-state index in [1.54, 1.807) is 0 Å². The van der Waals surface area contributed by atoms with E-state index in [0.29, 0.717) is 11.6 Å². The number of rotatable bonds is 4. The van der Waals surface area contributed by atoms with E-state index in [9.17, 15) is 0 Å². The summed E-state index contributed by atoms with van der Waals surface area (Å²) in [5.74, 6) is 0.315. The van der Waals surface area contributed by atoms with Crippen LogP contribution in [0.15, 0.2) is 35.0 Å². The Morgan fingerprint density at radius 2 is 2.14 bits per heavy atom. The number of nitrogens with zero attached hydrogens (tertiary/aromatic N) is 3. The number of hydrogen-bond acceptors (Lipinski definition) is 5. The fraction of sp³-hybridized carbons (Fsp3) is 0.312. The van der Waals surface area contributed by atoms with E-state index in [1.807, 2.05) is 44.3 Å². The molecule has 3 aromatic heterocycles. The maximum absolute atomic E-state index is 5.25. The zero-order valence-electron chi connectivity index (χ0n) is 12.4. The summed E-state index contributed by atoms with van der Waals surface area (Å²) in [6, 6.07) is 8.01. The Bertz CT molecular complexity index is 752. The first-order valence-electron chi connectivity index (χ1n) is 7.03. The van der Waals surface area contributed by atoms with Gasteiger partial charge in [0.05, 0.1) is 16.8 Å². The van der Waals surface area contributed by atoms with Gasteiger partial charge in [0.15, 0.2) is 0 Å². The zero-order chi connectivity index (χ0) is 14.8. The second kappa shape index (κ2) is 5.52. The molecule has 3 rings (SSSR count). The molecule has 3 aromatic rings. The molecule has 1 N–H and O–H groups in total. The van der Waals surface area contributed by atoms with Gasteiger partial charge < -0.3 is 9.84 Å². The van der Waals surface area contributed by atoms with Gasteiger partial charge in [0.2, 0.25) is 0 Å². The predicted octanol–water partition coefficient (Wildman–Crippen LogP) is 3.45. The van der Waals surface area contributed by atoms with Gasteiger partial charge in [0.25, 0.3) is 5.71 Å². The molecule has 0 aliphatic carbocycles. The second-order valence-corrected chi connectivity index (χ2v) is 5.30. The molecule has 108 valence electrons. The summed E-state index contributed by atoms with van der Waals surface area (Å²) in [5.41, 5.74) is 4.44. The van der Waals surface area contributed by atoms with Crippen molar-refractivity contribution in [3.63, 3.8) is 0 Å². The van der Waals surface area contributed by atoms with Gasteiger partial charge in [0, 0.05) is 30.0 Å². The summed E-state index contributed by atoms with van der Waals surface area (Å²) in [4.78, 5) is 8.76. The highest BCUT2D eigenvalue weighted by molar-refractivity contribution is 5.90. The van der Waals surface area contributed by atoms with Crippen molar-refractivity contribution < 1.29 is 4.52 Å². The van der Waals surface area contributed by atoms with E-state index in [4.69, 9.17) is 4.52 Å². The Labute approximate surface area is 123 Å². The molecule has 5 heteroatoms. The monoisotopic (exact) mass is 282 g/mol. The van der Waals surface area contributed by atoms with Gasteiger partial charge in [-0.05, 0) is 32.0 Å². The van der Waals surface area contributed by atoms with E-state index < -0.39 is 0 Å². The standard InChI is InChI=1S/C16H18N4O/c1-10(13-6-4-5-7-17-13)9-18-14-8-11(2)19-16-15(14)12(3)20-21-16/h4-8,10H,9H2,1-3H3,(H,18,19). The highest BCUT2D eigenvalue weighted by Crippen LogP contribution is 2.26. The minimum Gasteiger partial charge on any atom is -0.384 e. The molecule has 0 fully saturated rings. The predicted molar refractivity (Wildman–Crippen MR) is 82.4 cm³/mol. The van der Waals surface area contributed by atoms with Crippen molar-refractivity contribution in [3.8, 4) is 0 Å². The van der Waals surface area contributed by atoms with Crippen molar-refractivity contribution in [2.45, 2.75) is 26.7 Å². The lowest BCUT2D eigenvalue weighted by Crippen LogP contribution is -2.11. The minimum absolute atomic E-state index is 0.315. The largest absolute Gasteiger partial charge is 0.384 e. The third kappa shape index (κ3) is 2.72. The lowest BCUT2D eigenvalue weighted by Gasteiger charge is -2.14. The fourth-order valence-electron chi connectivity index (χ4n) is 2.39. The summed E-state index contributed by atoms with van der Waals surface area (Å²) < 4.78 is 5.25. The minimum atomic E-state index is 0.315. The van der Waals surface area contributed by atoms with Gasteiger partial charge in [-0.15, -0.1) is 0 Å². The first kappa shape index (κ1) is 13.5. The Morgan fingerprint density at radius 3 is 2.90 bits per heavy atom. The van der Waals surface area contributed by atoms with Crippen LogP contribution in [0.1, 0.15) is 29.9 Å². The fourth-order valence-corrected chi connectivity index (χ4v) is 2.39. The number of anilines is 1. The van der Waals surface area contributed by atoms with E-state index in [-0.39, 0.29) is 0 Å². The van der Waals surface area contributed by atoms with Crippen molar-refractivity contribution >= 4 is 16.8 Å². The summed E-state index contributed by atoms with van der Waals surface area (Å²) >= 11 is 0. The van der Waals surface area contributed by atoms with Crippen molar-refractivity contribution in [2.24, 2.45) is 0 Å². The molecule has 0 aromatic carbocycles. The van der Waals surface area contributed by atoms with Crippen LogP contribution in [0.4, 0.5) is 5.69 Å². The summed E-state index contributed by atoms with van der Waals surface area (Å²) in [7, 11) is 0. The van der Waals surface area contributed by atoms with Crippen LogP contribution < -0.4 is 5.32 Å². The number of aromatic nitrogens is 3. The molecule has 5 nitrogen and oxygen atoms in total. The number of fused-ring (bicyclic) bond motifs is 1. The number of pyridine rings is 2. The number of nitrogens with one attached hydrogen (secondary N) is 1. The smallest absolute Gasteiger partial charge is 0.260 e. The van der Waals surface area contributed by atoms with Crippen molar-refractivity contribution in [1.29, 1.82) is 0 Å². The maximum Gasteiger partial charge on any atom is 0.260 e. The van der Waals surface area contributed by atoms with Crippen LogP contribution in [0.5, 0.6) is 0 Å². The third-order valence-electron chi connectivity index (χ3n) is 3.54. The summed E-state index contributed by atoms with van der Waals surface area (Å²) in [6.45, 7) is 6.82. The molecule has 0 saturated heterocycles. The van der Waals surface area contributed by atoms with Crippen LogP contribution in [-0.2, 0) is 0 Å². The molecule has 3 heterocycles. The van der Waals surface area contributed by atoms with Gasteiger partial charge in [-0.25, -0.2) is 4.98 Å². The Hall–Kier alpha value is -2.43. The molecule has 0 aliphatic heterocycles. The van der Waals surface area contributed by atoms with Crippen LogP contribution in [0, 0.1) is 13.8 Å². The van der Waals surface area contributed by atoms with Gasteiger partial charge in [-0.1, -0.05) is 18.1 Å². The number of hydrogen-bond donors (Lipinski definition) is 1. The van der Waals surface area contributed by atoms with Gasteiger partial charge in [-0.3, -0.25) is 4.98 Å². The average Bonchev–Trinajstić information content (AvgIpc) is 2.86. The lowest BCUT2D eigenvalue weighted by molar-refractivity contribution is 0.442. The molecular weight excluding hydrogens is 264 g/mol. The first-order valence-corrected chi connectivity index (χ1v) is 7.03. The van der Waals surface area contributed by atoms with Gasteiger partial charge in [-0.2, -0.15) is 0 Å². The van der Waals surface area contributed by atoms with Crippen molar-refractivity contribution in [3.05, 3.63) is 47.5 Å². The van der Waals surface area contributed by atoms with Crippen LogP contribution in [-0.4, -0.2) is 21.7 Å². The zero-order valence-corrected chi connectivity index (χ0v) is 12.4. The molecule has 1 atom stereocenters. The van der Waals surface area contributed by atoms with E-state index in [1.165, 1.54) is 0 Å². The summed E-state index contributed by atoms with van der Waals surface area (Å²) in [5, 5.41) is 8.42. The molecule has 0 radical (unpaired) electrons. The third-order valence-corrected chi connectivity index (χ3v) is 3.54. The molecule has 0 bridgehead atoms. The molecule has 0 saturated carbocycles. The molecule has 0 aliphatic rings. The molecular formula is C16H18N4O. The molecule has 1 unspecified atom stereocenters. The lowest BCUT2D eigenvalue weighted by atomic mass is 10.1. The SMILES string of the molecule is Cc1cc(NCC(C)c2ccccn2)c2c(C)noc2n1. The van der Waals surface area contributed by atoms with Crippen LogP contribution >= 0.6 is 0 Å². The van der Waals surface area contributed by atoms with Crippen LogP contribution in [0.2, 0.25) is 0 Å². The Balaban J connectivity index is 1.84.